The lowest BCUT2D eigenvalue weighted by atomic mass is 9.98. The van der Waals surface area contributed by atoms with Crippen molar-refractivity contribution in [3.05, 3.63) is 35.4 Å². The van der Waals surface area contributed by atoms with Gasteiger partial charge in [0.15, 0.2) is 0 Å². The average molecular weight is 263 g/mol. The van der Waals surface area contributed by atoms with Gasteiger partial charge in [-0.2, -0.15) is 0 Å². The van der Waals surface area contributed by atoms with Gasteiger partial charge in [0.05, 0.1) is 12.7 Å². The van der Waals surface area contributed by atoms with E-state index in [2.05, 4.69) is 71.1 Å². The molecule has 1 aromatic carbocycles. The van der Waals surface area contributed by atoms with E-state index in [0.29, 0.717) is 12.5 Å². The third-order valence-electron chi connectivity index (χ3n) is 3.07. The normalized spacial score (nSPS) is 13.8. The lowest BCUT2D eigenvalue weighted by Gasteiger charge is -2.23. The van der Waals surface area contributed by atoms with Crippen LogP contribution < -0.4 is 5.32 Å². The Morgan fingerprint density at radius 3 is 2.11 bits per heavy atom. The zero-order valence-corrected chi connectivity index (χ0v) is 13.3. The van der Waals surface area contributed by atoms with Crippen LogP contribution in [0.5, 0.6) is 0 Å². The van der Waals surface area contributed by atoms with Gasteiger partial charge in [-0.3, -0.25) is 0 Å². The summed E-state index contributed by atoms with van der Waals surface area (Å²) in [6.07, 6.45) is 0.287. The molecule has 1 N–H and O–H groups in total. The molecule has 2 nitrogen and oxygen atoms in total. The molecular formula is C17H29NO. The van der Waals surface area contributed by atoms with Crippen LogP contribution in [0.15, 0.2) is 24.3 Å². The van der Waals surface area contributed by atoms with Gasteiger partial charge in [0.1, 0.15) is 0 Å². The SMILES string of the molecule is CC(C)OCc1ccc(C(C)CNC(C)(C)C)cc1. The molecule has 2 heteroatoms. The molecule has 0 fully saturated rings. The van der Waals surface area contributed by atoms with Crippen molar-refractivity contribution >= 4 is 0 Å². The van der Waals surface area contributed by atoms with E-state index in [0.717, 1.165) is 6.54 Å². The second kappa shape index (κ2) is 7.06. The van der Waals surface area contributed by atoms with E-state index in [1.807, 2.05) is 0 Å². The van der Waals surface area contributed by atoms with Gasteiger partial charge < -0.3 is 10.1 Å². The van der Waals surface area contributed by atoms with E-state index in [9.17, 15) is 0 Å². The number of ether oxygens (including phenoxy) is 1. The Morgan fingerprint density at radius 2 is 1.63 bits per heavy atom. The highest BCUT2D eigenvalue weighted by Crippen LogP contribution is 2.17. The fraction of sp³-hybridized carbons (Fsp3) is 0.647. The van der Waals surface area contributed by atoms with Crippen LogP contribution in [0.25, 0.3) is 0 Å². The Hall–Kier alpha value is -0.860. The molecular weight excluding hydrogens is 234 g/mol. The number of rotatable bonds is 6. The summed E-state index contributed by atoms with van der Waals surface area (Å²) in [5, 5.41) is 3.55. The molecule has 0 saturated heterocycles. The first-order valence-electron chi connectivity index (χ1n) is 7.23. The minimum atomic E-state index is 0.180. The molecule has 0 aliphatic carbocycles. The van der Waals surface area contributed by atoms with E-state index >= 15 is 0 Å². The zero-order valence-electron chi connectivity index (χ0n) is 13.3. The summed E-state index contributed by atoms with van der Waals surface area (Å²) in [5.74, 6) is 0.527. The summed E-state index contributed by atoms with van der Waals surface area (Å²) >= 11 is 0. The third-order valence-corrected chi connectivity index (χ3v) is 3.07. The van der Waals surface area contributed by atoms with Crippen molar-refractivity contribution in [1.82, 2.24) is 5.32 Å². The Bertz CT molecular complexity index is 362. The molecule has 0 heterocycles. The smallest absolute Gasteiger partial charge is 0.0720 e. The Kier molecular flexibility index (Phi) is 6.02. The van der Waals surface area contributed by atoms with E-state index in [1.165, 1.54) is 11.1 Å². The standard InChI is InChI=1S/C17H29NO/c1-13(2)19-12-15-7-9-16(10-8-15)14(3)11-18-17(4,5)6/h7-10,13-14,18H,11-12H2,1-6H3. The number of benzene rings is 1. The summed E-state index contributed by atoms with van der Waals surface area (Å²) in [4.78, 5) is 0. The Balaban J connectivity index is 2.51. The third kappa shape index (κ3) is 6.74. The van der Waals surface area contributed by atoms with Crippen LogP contribution in [0.2, 0.25) is 0 Å². The molecule has 1 atom stereocenters. The number of nitrogens with one attached hydrogen (secondary N) is 1. The van der Waals surface area contributed by atoms with Crippen LogP contribution in [0, 0.1) is 0 Å². The Morgan fingerprint density at radius 1 is 1.05 bits per heavy atom. The molecule has 0 bridgehead atoms. The minimum absolute atomic E-state index is 0.180. The molecule has 0 amide bonds. The van der Waals surface area contributed by atoms with Gasteiger partial charge in [-0.1, -0.05) is 31.2 Å². The first-order valence-corrected chi connectivity index (χ1v) is 7.23. The highest BCUT2D eigenvalue weighted by molar-refractivity contribution is 5.25. The first-order chi connectivity index (χ1) is 8.78. The van der Waals surface area contributed by atoms with Gasteiger partial charge in [0, 0.05) is 12.1 Å². The van der Waals surface area contributed by atoms with Crippen molar-refractivity contribution < 1.29 is 4.74 Å². The van der Waals surface area contributed by atoms with Gasteiger partial charge in [-0.25, -0.2) is 0 Å². The van der Waals surface area contributed by atoms with E-state index in [-0.39, 0.29) is 11.6 Å². The van der Waals surface area contributed by atoms with Crippen molar-refractivity contribution in [1.29, 1.82) is 0 Å². The first kappa shape index (κ1) is 16.2. The summed E-state index contributed by atoms with van der Waals surface area (Å²) < 4.78 is 5.61. The number of hydrogen-bond donors (Lipinski definition) is 1. The minimum Gasteiger partial charge on any atom is -0.374 e. The van der Waals surface area contributed by atoms with E-state index < -0.39 is 0 Å². The van der Waals surface area contributed by atoms with Gasteiger partial charge in [0.2, 0.25) is 0 Å². The van der Waals surface area contributed by atoms with Crippen LogP contribution in [-0.2, 0) is 11.3 Å². The summed E-state index contributed by atoms with van der Waals surface area (Å²) in [7, 11) is 0. The Labute approximate surface area is 118 Å². The second-order valence-electron chi connectivity index (χ2n) is 6.63. The van der Waals surface area contributed by atoms with E-state index in [1.54, 1.807) is 0 Å². The van der Waals surface area contributed by atoms with Gasteiger partial charge in [-0.05, 0) is 51.7 Å². The molecule has 19 heavy (non-hydrogen) atoms. The second-order valence-corrected chi connectivity index (χ2v) is 6.63. The highest BCUT2D eigenvalue weighted by Gasteiger charge is 2.12. The largest absolute Gasteiger partial charge is 0.374 e. The lowest BCUT2D eigenvalue weighted by Crippen LogP contribution is -2.38. The van der Waals surface area contributed by atoms with Gasteiger partial charge in [0.25, 0.3) is 0 Å². The fourth-order valence-corrected chi connectivity index (χ4v) is 1.78. The van der Waals surface area contributed by atoms with Crippen LogP contribution in [0.1, 0.15) is 58.6 Å². The van der Waals surface area contributed by atoms with Crippen molar-refractivity contribution in [2.45, 2.75) is 65.7 Å². The topological polar surface area (TPSA) is 21.3 Å². The molecule has 0 radical (unpaired) electrons. The molecule has 1 aromatic rings. The van der Waals surface area contributed by atoms with Gasteiger partial charge >= 0.3 is 0 Å². The summed E-state index contributed by atoms with van der Waals surface area (Å²) in [6.45, 7) is 14.7. The molecule has 1 unspecified atom stereocenters. The maximum atomic E-state index is 5.61. The van der Waals surface area contributed by atoms with Crippen molar-refractivity contribution in [2.24, 2.45) is 0 Å². The van der Waals surface area contributed by atoms with E-state index in [4.69, 9.17) is 4.74 Å². The highest BCUT2D eigenvalue weighted by atomic mass is 16.5. The van der Waals surface area contributed by atoms with Crippen LogP contribution in [0.3, 0.4) is 0 Å². The van der Waals surface area contributed by atoms with Crippen molar-refractivity contribution in [3.8, 4) is 0 Å². The maximum absolute atomic E-state index is 5.61. The average Bonchev–Trinajstić information content (AvgIpc) is 2.33. The van der Waals surface area contributed by atoms with Crippen LogP contribution in [0.4, 0.5) is 0 Å². The summed E-state index contributed by atoms with van der Waals surface area (Å²) in [6, 6.07) is 8.78. The predicted octanol–water partition coefficient (Wildman–Crippen LogP) is 4.10. The summed E-state index contributed by atoms with van der Waals surface area (Å²) in [5.41, 5.74) is 2.80. The maximum Gasteiger partial charge on any atom is 0.0720 e. The quantitative estimate of drug-likeness (QED) is 0.834. The molecule has 108 valence electrons. The molecule has 0 aliphatic heterocycles. The fourth-order valence-electron chi connectivity index (χ4n) is 1.78. The lowest BCUT2D eigenvalue weighted by molar-refractivity contribution is 0.0657. The van der Waals surface area contributed by atoms with Crippen molar-refractivity contribution in [3.63, 3.8) is 0 Å². The predicted molar refractivity (Wildman–Crippen MR) is 82.5 cm³/mol. The monoisotopic (exact) mass is 263 g/mol. The zero-order chi connectivity index (χ0) is 14.5. The molecule has 0 aliphatic rings. The van der Waals surface area contributed by atoms with Crippen molar-refractivity contribution in [2.75, 3.05) is 6.54 Å². The number of hydrogen-bond acceptors (Lipinski definition) is 2. The molecule has 0 aromatic heterocycles. The molecule has 0 saturated carbocycles. The molecule has 1 rings (SSSR count). The molecule has 0 spiro atoms. The van der Waals surface area contributed by atoms with Crippen LogP contribution in [-0.4, -0.2) is 18.2 Å². The van der Waals surface area contributed by atoms with Crippen LogP contribution >= 0.6 is 0 Å². The van der Waals surface area contributed by atoms with Gasteiger partial charge in [-0.15, -0.1) is 0 Å².